The van der Waals surface area contributed by atoms with E-state index in [9.17, 15) is 9.59 Å². The molecule has 86 valence electrons. The zero-order valence-electron chi connectivity index (χ0n) is 9.20. The summed E-state index contributed by atoms with van der Waals surface area (Å²) in [7, 11) is 0. The van der Waals surface area contributed by atoms with Gasteiger partial charge in [-0.3, -0.25) is 9.59 Å². The molecule has 0 aliphatic heterocycles. The first kappa shape index (κ1) is 12.7. The summed E-state index contributed by atoms with van der Waals surface area (Å²) in [5.41, 5.74) is 0.602. The number of alkyl halides is 1. The molecule has 3 nitrogen and oxygen atoms in total. The Kier molecular flexibility index (Phi) is 4.50. The minimum Gasteiger partial charge on any atom is -0.494 e. The predicted molar refractivity (Wildman–Crippen MR) is 61.9 cm³/mol. The van der Waals surface area contributed by atoms with E-state index in [-0.39, 0.29) is 0 Å². The number of benzene rings is 1. The second-order valence-corrected chi connectivity index (χ2v) is 3.72. The summed E-state index contributed by atoms with van der Waals surface area (Å²) in [5.74, 6) is -0.412. The van der Waals surface area contributed by atoms with Crippen LogP contribution in [-0.4, -0.2) is 18.2 Å². The van der Waals surface area contributed by atoms with Crippen LogP contribution < -0.4 is 4.74 Å². The van der Waals surface area contributed by atoms with Crippen LogP contribution in [0, 0.1) is 0 Å². The first-order valence-corrected chi connectivity index (χ1v) is 5.41. The molecule has 0 aliphatic rings. The molecule has 1 aromatic rings. The van der Waals surface area contributed by atoms with Crippen LogP contribution >= 0.6 is 11.6 Å². The molecule has 0 saturated heterocycles. The molecular weight excluding hydrogens is 228 g/mol. The van der Waals surface area contributed by atoms with E-state index < -0.39 is 16.9 Å². The molecule has 4 heteroatoms. The van der Waals surface area contributed by atoms with Crippen molar-refractivity contribution in [2.24, 2.45) is 0 Å². The lowest BCUT2D eigenvalue weighted by molar-refractivity contribution is -0.135. The molecular formula is C12H13ClO3. The van der Waals surface area contributed by atoms with Crippen LogP contribution in [0.4, 0.5) is 0 Å². The van der Waals surface area contributed by atoms with E-state index in [1.54, 1.807) is 24.3 Å². The molecule has 0 saturated carbocycles. The quantitative estimate of drug-likeness (QED) is 0.587. The second kappa shape index (κ2) is 5.66. The van der Waals surface area contributed by atoms with Crippen molar-refractivity contribution < 1.29 is 14.3 Å². The van der Waals surface area contributed by atoms with Gasteiger partial charge in [-0.05, 0) is 24.6 Å². The highest BCUT2D eigenvalue weighted by Gasteiger charge is 2.21. The molecule has 0 N–H and O–H groups in total. The van der Waals surface area contributed by atoms with E-state index in [4.69, 9.17) is 16.3 Å². The number of ketones is 2. The number of Topliss-reactive ketones (excluding diaryl/α,β-unsaturated/α-hetero) is 2. The summed E-state index contributed by atoms with van der Waals surface area (Å²) in [6, 6.07) is 6.82. The van der Waals surface area contributed by atoms with Crippen LogP contribution in [0.15, 0.2) is 24.3 Å². The zero-order chi connectivity index (χ0) is 12.1. The van der Waals surface area contributed by atoms with Gasteiger partial charge in [0.2, 0.25) is 5.78 Å². The molecule has 1 aromatic carbocycles. The summed E-state index contributed by atoms with van der Waals surface area (Å²) < 4.78 is 5.25. The summed E-state index contributed by atoms with van der Waals surface area (Å²) in [4.78, 5) is 22.2. The fourth-order valence-corrected chi connectivity index (χ4v) is 1.53. The SMILES string of the molecule is CCOc1ccc(C(Cl)C(=O)C(C)=O)cc1. The first-order chi connectivity index (χ1) is 7.56. The van der Waals surface area contributed by atoms with Crippen LogP contribution in [0.1, 0.15) is 24.8 Å². The average molecular weight is 241 g/mol. The summed E-state index contributed by atoms with van der Waals surface area (Å²) in [5, 5.41) is -0.909. The molecule has 0 radical (unpaired) electrons. The molecule has 1 unspecified atom stereocenters. The van der Waals surface area contributed by atoms with E-state index in [2.05, 4.69) is 0 Å². The topological polar surface area (TPSA) is 43.4 Å². The second-order valence-electron chi connectivity index (χ2n) is 3.29. The van der Waals surface area contributed by atoms with Gasteiger partial charge in [-0.25, -0.2) is 0 Å². The van der Waals surface area contributed by atoms with Gasteiger partial charge in [0.1, 0.15) is 11.1 Å². The third kappa shape index (κ3) is 3.07. The predicted octanol–water partition coefficient (Wildman–Crippen LogP) is 2.52. The molecule has 0 heterocycles. The third-order valence-corrected chi connectivity index (χ3v) is 2.51. The van der Waals surface area contributed by atoms with Crippen molar-refractivity contribution in [2.75, 3.05) is 6.61 Å². The van der Waals surface area contributed by atoms with E-state index >= 15 is 0 Å². The van der Waals surface area contributed by atoms with Crippen LogP contribution in [0.25, 0.3) is 0 Å². The number of rotatable bonds is 5. The highest BCUT2D eigenvalue weighted by molar-refractivity contribution is 6.48. The van der Waals surface area contributed by atoms with E-state index in [0.717, 1.165) is 0 Å². The number of hydrogen-bond acceptors (Lipinski definition) is 3. The maximum absolute atomic E-state index is 11.3. The lowest BCUT2D eigenvalue weighted by Gasteiger charge is -2.08. The van der Waals surface area contributed by atoms with E-state index in [0.29, 0.717) is 17.9 Å². The number of carbonyl (C=O) groups is 2. The highest BCUT2D eigenvalue weighted by atomic mass is 35.5. The fraction of sp³-hybridized carbons (Fsp3) is 0.333. The lowest BCUT2D eigenvalue weighted by atomic mass is 10.1. The Labute approximate surface area is 99.4 Å². The standard InChI is InChI=1S/C12H13ClO3/c1-3-16-10-6-4-9(5-7-10)11(13)12(15)8(2)14/h4-7,11H,3H2,1-2H3. The third-order valence-electron chi connectivity index (χ3n) is 2.06. The van der Waals surface area contributed by atoms with Gasteiger partial charge in [-0.1, -0.05) is 12.1 Å². The van der Waals surface area contributed by atoms with Gasteiger partial charge in [-0.2, -0.15) is 0 Å². The number of ether oxygens (including phenoxy) is 1. The molecule has 0 amide bonds. The molecule has 0 bridgehead atoms. The summed E-state index contributed by atoms with van der Waals surface area (Å²) >= 11 is 5.87. The van der Waals surface area contributed by atoms with Gasteiger partial charge >= 0.3 is 0 Å². The molecule has 0 aliphatic carbocycles. The fourth-order valence-electron chi connectivity index (χ4n) is 1.23. The zero-order valence-corrected chi connectivity index (χ0v) is 9.95. The Morgan fingerprint density at radius 2 is 1.88 bits per heavy atom. The Morgan fingerprint density at radius 1 is 1.31 bits per heavy atom. The van der Waals surface area contributed by atoms with Crippen molar-refractivity contribution in [3.8, 4) is 5.75 Å². The molecule has 1 atom stereocenters. The maximum atomic E-state index is 11.3. The van der Waals surface area contributed by atoms with Crippen LogP contribution in [-0.2, 0) is 9.59 Å². The normalized spacial score (nSPS) is 11.9. The van der Waals surface area contributed by atoms with Crippen molar-refractivity contribution in [1.29, 1.82) is 0 Å². The van der Waals surface area contributed by atoms with Gasteiger partial charge in [0.15, 0.2) is 5.78 Å². The van der Waals surface area contributed by atoms with Crippen molar-refractivity contribution in [3.05, 3.63) is 29.8 Å². The summed E-state index contributed by atoms with van der Waals surface area (Å²) in [6.07, 6.45) is 0. The van der Waals surface area contributed by atoms with Crippen molar-refractivity contribution in [2.45, 2.75) is 19.2 Å². The van der Waals surface area contributed by atoms with E-state index in [1.807, 2.05) is 6.92 Å². The van der Waals surface area contributed by atoms with Crippen LogP contribution in [0.3, 0.4) is 0 Å². The number of carbonyl (C=O) groups excluding carboxylic acids is 2. The molecule has 1 rings (SSSR count). The van der Waals surface area contributed by atoms with Crippen molar-refractivity contribution in [3.63, 3.8) is 0 Å². The lowest BCUT2D eigenvalue weighted by Crippen LogP contribution is -2.15. The molecule has 0 spiro atoms. The number of hydrogen-bond donors (Lipinski definition) is 0. The molecule has 0 aromatic heterocycles. The van der Waals surface area contributed by atoms with Crippen LogP contribution in [0.2, 0.25) is 0 Å². The Bertz CT molecular complexity index is 384. The Hall–Kier alpha value is -1.35. The van der Waals surface area contributed by atoms with Gasteiger partial charge in [0, 0.05) is 6.92 Å². The monoisotopic (exact) mass is 240 g/mol. The number of halogens is 1. The highest BCUT2D eigenvalue weighted by Crippen LogP contribution is 2.24. The minimum absolute atomic E-state index is 0.533. The largest absolute Gasteiger partial charge is 0.494 e. The maximum Gasteiger partial charge on any atom is 0.220 e. The summed E-state index contributed by atoms with van der Waals surface area (Å²) in [6.45, 7) is 3.68. The van der Waals surface area contributed by atoms with E-state index in [1.165, 1.54) is 6.92 Å². The van der Waals surface area contributed by atoms with Gasteiger partial charge in [0.05, 0.1) is 6.61 Å². The Balaban J connectivity index is 2.81. The van der Waals surface area contributed by atoms with Gasteiger partial charge in [-0.15, -0.1) is 11.6 Å². The van der Waals surface area contributed by atoms with Crippen LogP contribution in [0.5, 0.6) is 5.75 Å². The van der Waals surface area contributed by atoms with Crippen molar-refractivity contribution >= 4 is 23.2 Å². The molecule has 0 fully saturated rings. The average Bonchev–Trinajstić information content (AvgIpc) is 2.28. The molecule has 16 heavy (non-hydrogen) atoms. The smallest absolute Gasteiger partial charge is 0.220 e. The van der Waals surface area contributed by atoms with Gasteiger partial charge in [0.25, 0.3) is 0 Å². The van der Waals surface area contributed by atoms with Crippen molar-refractivity contribution in [1.82, 2.24) is 0 Å². The Morgan fingerprint density at radius 3 is 2.31 bits per heavy atom. The first-order valence-electron chi connectivity index (χ1n) is 4.98. The van der Waals surface area contributed by atoms with Gasteiger partial charge < -0.3 is 4.74 Å². The minimum atomic E-state index is -0.909.